The molecule has 0 atom stereocenters. The fourth-order valence-corrected chi connectivity index (χ4v) is 1.39. The normalized spacial score (nSPS) is 10.8. The highest BCUT2D eigenvalue weighted by molar-refractivity contribution is 9.10. The molecule has 0 saturated heterocycles. The summed E-state index contributed by atoms with van der Waals surface area (Å²) in [6.45, 7) is 4.07. The lowest BCUT2D eigenvalue weighted by atomic mass is 9.96. The Morgan fingerprint density at radius 2 is 1.69 bits per heavy atom. The second-order valence-corrected chi connectivity index (χ2v) is 4.71. The van der Waals surface area contributed by atoms with E-state index >= 15 is 0 Å². The third kappa shape index (κ3) is 5.29. The smallest absolute Gasteiger partial charge is 0.0175 e. The van der Waals surface area contributed by atoms with Crippen molar-refractivity contribution >= 4 is 28.3 Å². The van der Waals surface area contributed by atoms with E-state index in [0.29, 0.717) is 0 Å². The minimum absolute atomic E-state index is 0. The molecule has 13 heavy (non-hydrogen) atoms. The van der Waals surface area contributed by atoms with Gasteiger partial charge in [0.15, 0.2) is 0 Å². The summed E-state index contributed by atoms with van der Waals surface area (Å²) in [6, 6.07) is 8.28. The highest BCUT2D eigenvalue weighted by Gasteiger charge is 2.10. The molecule has 0 radical (unpaired) electrons. The Labute approximate surface area is 94.3 Å². The van der Waals surface area contributed by atoms with E-state index in [9.17, 15) is 0 Å². The van der Waals surface area contributed by atoms with E-state index in [2.05, 4.69) is 28.1 Å². The summed E-state index contributed by atoms with van der Waals surface area (Å²) in [5, 5.41) is 0. The zero-order chi connectivity index (χ0) is 9.19. The lowest BCUT2D eigenvalue weighted by molar-refractivity contribution is 0.517. The molecule has 1 nitrogen and oxygen atoms in total. The van der Waals surface area contributed by atoms with E-state index in [1.165, 1.54) is 5.56 Å². The van der Waals surface area contributed by atoms with Gasteiger partial charge in [0.05, 0.1) is 0 Å². The molecular weight excluding hydrogens is 249 g/mol. The predicted molar refractivity (Wildman–Crippen MR) is 63.4 cm³/mol. The molecule has 0 aliphatic rings. The van der Waals surface area contributed by atoms with Crippen LogP contribution in [0.3, 0.4) is 0 Å². The fraction of sp³-hybridized carbons (Fsp3) is 0.400. The third-order valence-corrected chi connectivity index (χ3v) is 2.10. The van der Waals surface area contributed by atoms with Gasteiger partial charge in [0.2, 0.25) is 0 Å². The van der Waals surface area contributed by atoms with Crippen molar-refractivity contribution in [2.24, 2.45) is 5.73 Å². The summed E-state index contributed by atoms with van der Waals surface area (Å²) < 4.78 is 1.11. The topological polar surface area (TPSA) is 26.0 Å². The van der Waals surface area contributed by atoms with Crippen molar-refractivity contribution in [1.29, 1.82) is 0 Å². The molecule has 0 heterocycles. The molecule has 0 unspecified atom stereocenters. The van der Waals surface area contributed by atoms with Crippen molar-refractivity contribution in [1.82, 2.24) is 0 Å². The first-order chi connectivity index (χ1) is 5.47. The number of halogens is 2. The highest BCUT2D eigenvalue weighted by atomic mass is 79.9. The van der Waals surface area contributed by atoms with Crippen LogP contribution in [0.5, 0.6) is 0 Å². The van der Waals surface area contributed by atoms with E-state index < -0.39 is 0 Å². The van der Waals surface area contributed by atoms with Gasteiger partial charge >= 0.3 is 0 Å². The molecule has 0 amide bonds. The molecule has 0 bridgehead atoms. The van der Waals surface area contributed by atoms with Crippen molar-refractivity contribution in [2.45, 2.75) is 25.8 Å². The Morgan fingerprint density at radius 1 is 1.23 bits per heavy atom. The quantitative estimate of drug-likeness (QED) is 0.872. The summed E-state index contributed by atoms with van der Waals surface area (Å²) in [4.78, 5) is 0. The minimum Gasteiger partial charge on any atom is -0.325 e. The lowest BCUT2D eigenvalue weighted by Gasteiger charge is -2.18. The highest BCUT2D eigenvalue weighted by Crippen LogP contribution is 2.14. The van der Waals surface area contributed by atoms with Gasteiger partial charge in [-0.15, -0.1) is 12.4 Å². The molecule has 1 aromatic rings. The van der Waals surface area contributed by atoms with Gasteiger partial charge < -0.3 is 5.73 Å². The van der Waals surface area contributed by atoms with Crippen molar-refractivity contribution in [3.63, 3.8) is 0 Å². The maximum absolute atomic E-state index is 5.89. The number of hydrogen-bond acceptors (Lipinski definition) is 1. The van der Waals surface area contributed by atoms with E-state index in [1.807, 2.05) is 26.0 Å². The average molecular weight is 265 g/mol. The second-order valence-electron chi connectivity index (χ2n) is 3.79. The molecule has 0 saturated carbocycles. The van der Waals surface area contributed by atoms with E-state index in [-0.39, 0.29) is 17.9 Å². The molecule has 0 spiro atoms. The zero-order valence-electron chi connectivity index (χ0n) is 7.88. The number of nitrogens with two attached hydrogens (primary N) is 1. The maximum Gasteiger partial charge on any atom is 0.0175 e. The predicted octanol–water partition coefficient (Wildman–Crippen LogP) is 3.15. The van der Waals surface area contributed by atoms with E-state index in [0.717, 1.165) is 10.9 Å². The molecule has 0 aromatic heterocycles. The van der Waals surface area contributed by atoms with Crippen molar-refractivity contribution in [2.75, 3.05) is 0 Å². The Bertz CT molecular complexity index is 251. The minimum atomic E-state index is -0.117. The molecule has 0 aliphatic heterocycles. The summed E-state index contributed by atoms with van der Waals surface area (Å²) in [5.74, 6) is 0. The van der Waals surface area contributed by atoms with Crippen LogP contribution in [0, 0.1) is 0 Å². The molecule has 0 fully saturated rings. The van der Waals surface area contributed by atoms with Gasteiger partial charge in [-0.25, -0.2) is 0 Å². The van der Waals surface area contributed by atoms with E-state index in [4.69, 9.17) is 5.73 Å². The SMILES string of the molecule is CC(C)(N)Cc1ccc(Br)cc1.Cl. The molecular formula is C10H15BrClN. The molecule has 3 heteroatoms. The largest absolute Gasteiger partial charge is 0.325 e. The van der Waals surface area contributed by atoms with Gasteiger partial charge in [0, 0.05) is 10.0 Å². The Kier molecular flexibility index (Phi) is 4.97. The molecule has 74 valence electrons. The van der Waals surface area contributed by atoms with Crippen molar-refractivity contribution in [3.8, 4) is 0 Å². The second kappa shape index (κ2) is 4.99. The van der Waals surface area contributed by atoms with Gasteiger partial charge in [-0.05, 0) is 38.0 Å². The molecule has 1 aromatic carbocycles. The Hall–Kier alpha value is -0.0500. The Balaban J connectivity index is 0.00000144. The summed E-state index contributed by atoms with van der Waals surface area (Å²) in [5.41, 5.74) is 7.06. The van der Waals surface area contributed by atoms with Crippen LogP contribution in [-0.4, -0.2) is 5.54 Å². The zero-order valence-corrected chi connectivity index (χ0v) is 10.3. The van der Waals surface area contributed by atoms with Gasteiger partial charge in [-0.3, -0.25) is 0 Å². The van der Waals surface area contributed by atoms with Crippen molar-refractivity contribution in [3.05, 3.63) is 34.3 Å². The maximum atomic E-state index is 5.89. The van der Waals surface area contributed by atoms with E-state index in [1.54, 1.807) is 0 Å². The fourth-order valence-electron chi connectivity index (χ4n) is 1.13. The van der Waals surface area contributed by atoms with Gasteiger partial charge in [-0.1, -0.05) is 28.1 Å². The molecule has 2 N–H and O–H groups in total. The first-order valence-corrected chi connectivity index (χ1v) is 4.80. The number of benzene rings is 1. The van der Waals surface area contributed by atoms with Crippen LogP contribution in [0.2, 0.25) is 0 Å². The number of rotatable bonds is 2. The van der Waals surface area contributed by atoms with Crippen molar-refractivity contribution < 1.29 is 0 Å². The average Bonchev–Trinajstić information content (AvgIpc) is 1.91. The van der Waals surface area contributed by atoms with Crippen LogP contribution in [-0.2, 0) is 6.42 Å². The van der Waals surface area contributed by atoms with Crippen LogP contribution in [0.15, 0.2) is 28.7 Å². The van der Waals surface area contributed by atoms with Gasteiger partial charge in [-0.2, -0.15) is 0 Å². The van der Waals surface area contributed by atoms with Crippen LogP contribution < -0.4 is 5.73 Å². The lowest BCUT2D eigenvalue weighted by Crippen LogP contribution is -2.34. The van der Waals surface area contributed by atoms with Crippen LogP contribution in [0.1, 0.15) is 19.4 Å². The standard InChI is InChI=1S/C10H14BrN.ClH/c1-10(2,12)7-8-3-5-9(11)6-4-8;/h3-6H,7,12H2,1-2H3;1H. The number of hydrogen-bond donors (Lipinski definition) is 1. The summed E-state index contributed by atoms with van der Waals surface area (Å²) in [6.07, 6.45) is 0.917. The molecule has 0 aliphatic carbocycles. The van der Waals surface area contributed by atoms with Crippen LogP contribution in [0.4, 0.5) is 0 Å². The van der Waals surface area contributed by atoms with Crippen LogP contribution in [0.25, 0.3) is 0 Å². The monoisotopic (exact) mass is 263 g/mol. The van der Waals surface area contributed by atoms with Crippen LogP contribution >= 0.6 is 28.3 Å². The Morgan fingerprint density at radius 3 is 2.08 bits per heavy atom. The summed E-state index contributed by atoms with van der Waals surface area (Å²) in [7, 11) is 0. The third-order valence-electron chi connectivity index (χ3n) is 1.57. The first-order valence-electron chi connectivity index (χ1n) is 4.01. The van der Waals surface area contributed by atoms with Gasteiger partial charge in [0.25, 0.3) is 0 Å². The van der Waals surface area contributed by atoms with Gasteiger partial charge in [0.1, 0.15) is 0 Å². The molecule has 1 rings (SSSR count). The summed E-state index contributed by atoms with van der Waals surface area (Å²) >= 11 is 3.39. The first kappa shape index (κ1) is 12.9.